The lowest BCUT2D eigenvalue weighted by Crippen LogP contribution is -2.37. The van der Waals surface area contributed by atoms with Crippen LogP contribution < -0.4 is 0 Å². The number of aliphatic carboxylic acids is 1. The Morgan fingerprint density at radius 3 is 2.25 bits per heavy atom. The molecule has 0 aromatic carbocycles. The van der Waals surface area contributed by atoms with Gasteiger partial charge in [-0.25, -0.2) is 0 Å². The molecule has 1 saturated carbocycles. The van der Waals surface area contributed by atoms with Crippen molar-refractivity contribution in [1.29, 1.82) is 0 Å². The molecule has 1 aliphatic carbocycles. The maximum atomic E-state index is 11.4. The number of carbonyl (C=O) groups is 2. The lowest BCUT2D eigenvalue weighted by atomic mass is 9.68. The Kier molecular flexibility index (Phi) is 3.82. The summed E-state index contributed by atoms with van der Waals surface area (Å²) in [6, 6.07) is 0. The molecule has 0 saturated heterocycles. The van der Waals surface area contributed by atoms with Gasteiger partial charge in [0.2, 0.25) is 0 Å². The number of ketones is 1. The van der Waals surface area contributed by atoms with Crippen LogP contribution in [0.25, 0.3) is 0 Å². The fraction of sp³-hybridized carbons (Fsp3) is 0.385. The molecule has 0 unspecified atom stereocenters. The summed E-state index contributed by atoms with van der Waals surface area (Å²) in [4.78, 5) is 22.6. The molecule has 1 N–H and O–H groups in total. The minimum atomic E-state index is -0.955. The second-order valence-corrected chi connectivity index (χ2v) is 3.99. The molecule has 0 bridgehead atoms. The number of allylic oxidation sites excluding steroid dienone is 3. The van der Waals surface area contributed by atoms with Gasteiger partial charge in [0, 0.05) is 12.8 Å². The minimum Gasteiger partial charge on any atom is -0.481 e. The zero-order valence-corrected chi connectivity index (χ0v) is 9.24. The van der Waals surface area contributed by atoms with Gasteiger partial charge in [-0.05, 0) is 18.4 Å². The first-order valence-corrected chi connectivity index (χ1v) is 5.27. The summed E-state index contributed by atoms with van der Waals surface area (Å²) in [5.41, 5.74) is -0.313. The second-order valence-electron chi connectivity index (χ2n) is 3.99. The highest BCUT2D eigenvalue weighted by Gasteiger charge is 2.43. The molecule has 16 heavy (non-hydrogen) atoms. The number of hydrogen-bond acceptors (Lipinski definition) is 2. The zero-order valence-electron chi connectivity index (χ0n) is 9.24. The van der Waals surface area contributed by atoms with E-state index in [1.807, 2.05) is 0 Å². The standard InChI is InChI=1S/C13H16O3/c1-3-5-10(4-2)13(12(15)16)8-6-11(14)7-9-13/h3-5H,1-2,6-9H2,(H,15,16)/b10-5+. The highest BCUT2D eigenvalue weighted by molar-refractivity contribution is 5.86. The van der Waals surface area contributed by atoms with E-state index in [9.17, 15) is 14.7 Å². The molecule has 0 aromatic heterocycles. The molecule has 86 valence electrons. The largest absolute Gasteiger partial charge is 0.481 e. The first-order chi connectivity index (χ1) is 7.56. The van der Waals surface area contributed by atoms with Crippen molar-refractivity contribution in [2.24, 2.45) is 5.41 Å². The molecule has 0 atom stereocenters. The van der Waals surface area contributed by atoms with Crippen LogP contribution in [0, 0.1) is 5.41 Å². The summed E-state index contributed by atoms with van der Waals surface area (Å²) >= 11 is 0. The van der Waals surface area contributed by atoms with Crippen LogP contribution in [-0.4, -0.2) is 16.9 Å². The number of hydrogen-bond donors (Lipinski definition) is 1. The number of carboxylic acid groups (broad SMARTS) is 1. The van der Waals surface area contributed by atoms with E-state index in [-0.39, 0.29) is 5.78 Å². The molecule has 0 radical (unpaired) electrons. The molecule has 3 heteroatoms. The smallest absolute Gasteiger partial charge is 0.314 e. The molecular weight excluding hydrogens is 204 g/mol. The van der Waals surface area contributed by atoms with Gasteiger partial charge >= 0.3 is 5.97 Å². The molecule has 1 rings (SSSR count). The summed E-state index contributed by atoms with van der Waals surface area (Å²) in [7, 11) is 0. The zero-order chi connectivity index (χ0) is 12.2. The monoisotopic (exact) mass is 220 g/mol. The van der Waals surface area contributed by atoms with Gasteiger partial charge in [-0.1, -0.05) is 31.4 Å². The molecule has 1 aliphatic rings. The van der Waals surface area contributed by atoms with Crippen molar-refractivity contribution in [2.45, 2.75) is 25.7 Å². The van der Waals surface area contributed by atoms with E-state index in [0.29, 0.717) is 31.3 Å². The van der Waals surface area contributed by atoms with Crippen LogP contribution >= 0.6 is 0 Å². The second kappa shape index (κ2) is 4.92. The third-order valence-electron chi connectivity index (χ3n) is 3.14. The minimum absolute atomic E-state index is 0.138. The topological polar surface area (TPSA) is 54.4 Å². The summed E-state index contributed by atoms with van der Waals surface area (Å²) in [5, 5.41) is 9.37. The SMILES string of the molecule is C=C/C=C(\C=C)C1(C(=O)O)CCC(=O)CC1. The van der Waals surface area contributed by atoms with Crippen molar-refractivity contribution in [3.63, 3.8) is 0 Å². The van der Waals surface area contributed by atoms with E-state index in [2.05, 4.69) is 13.2 Å². The van der Waals surface area contributed by atoms with E-state index in [0.717, 1.165) is 0 Å². The third kappa shape index (κ3) is 2.13. The molecule has 0 aromatic rings. The predicted octanol–water partition coefficient (Wildman–Crippen LogP) is 2.50. The van der Waals surface area contributed by atoms with Crippen LogP contribution in [0.15, 0.2) is 37.0 Å². The van der Waals surface area contributed by atoms with Gasteiger partial charge in [-0.15, -0.1) is 0 Å². The molecule has 0 amide bonds. The lowest BCUT2D eigenvalue weighted by molar-refractivity contribution is -0.149. The number of carbonyl (C=O) groups excluding carboxylic acids is 1. The van der Waals surface area contributed by atoms with Crippen LogP contribution in [0.3, 0.4) is 0 Å². The average Bonchev–Trinajstić information content (AvgIpc) is 2.27. The van der Waals surface area contributed by atoms with Gasteiger partial charge < -0.3 is 5.11 Å². The Labute approximate surface area is 95.2 Å². The van der Waals surface area contributed by atoms with Crippen molar-refractivity contribution < 1.29 is 14.7 Å². The van der Waals surface area contributed by atoms with E-state index in [1.54, 1.807) is 18.2 Å². The number of carboxylic acids is 1. The average molecular weight is 220 g/mol. The van der Waals surface area contributed by atoms with Gasteiger partial charge in [0.15, 0.2) is 0 Å². The van der Waals surface area contributed by atoms with Gasteiger partial charge in [-0.2, -0.15) is 0 Å². The quantitative estimate of drug-likeness (QED) is 0.740. The maximum absolute atomic E-state index is 11.4. The maximum Gasteiger partial charge on any atom is 0.314 e. The lowest BCUT2D eigenvalue weighted by Gasteiger charge is -2.33. The van der Waals surface area contributed by atoms with Crippen molar-refractivity contribution in [2.75, 3.05) is 0 Å². The normalized spacial score (nSPS) is 20.2. The first kappa shape index (κ1) is 12.4. The van der Waals surface area contributed by atoms with Crippen LogP contribution in [0.2, 0.25) is 0 Å². The van der Waals surface area contributed by atoms with E-state index in [1.165, 1.54) is 0 Å². The van der Waals surface area contributed by atoms with Crippen LogP contribution in [-0.2, 0) is 9.59 Å². The van der Waals surface area contributed by atoms with Crippen molar-refractivity contribution in [3.05, 3.63) is 37.0 Å². The highest BCUT2D eigenvalue weighted by Crippen LogP contribution is 2.42. The van der Waals surface area contributed by atoms with Crippen LogP contribution in [0.1, 0.15) is 25.7 Å². The fourth-order valence-electron chi connectivity index (χ4n) is 2.13. The van der Waals surface area contributed by atoms with Gasteiger partial charge in [0.25, 0.3) is 0 Å². The van der Waals surface area contributed by atoms with Crippen LogP contribution in [0.4, 0.5) is 0 Å². The molecule has 0 spiro atoms. The summed E-state index contributed by atoms with van der Waals surface area (Å²) in [6.07, 6.45) is 6.13. The number of Topliss-reactive ketones (excluding diaryl/α,β-unsaturated/α-hetero) is 1. The van der Waals surface area contributed by atoms with Gasteiger partial charge in [0.05, 0.1) is 5.41 Å². The van der Waals surface area contributed by atoms with E-state index < -0.39 is 11.4 Å². The molecule has 0 aliphatic heterocycles. The van der Waals surface area contributed by atoms with Crippen molar-refractivity contribution in [1.82, 2.24) is 0 Å². The highest BCUT2D eigenvalue weighted by atomic mass is 16.4. The molecule has 0 heterocycles. The van der Waals surface area contributed by atoms with Gasteiger partial charge in [-0.3, -0.25) is 9.59 Å². The Morgan fingerprint density at radius 2 is 1.88 bits per heavy atom. The fourth-order valence-corrected chi connectivity index (χ4v) is 2.13. The Morgan fingerprint density at radius 1 is 1.31 bits per heavy atom. The molecule has 1 fully saturated rings. The Hall–Kier alpha value is -1.64. The van der Waals surface area contributed by atoms with E-state index in [4.69, 9.17) is 0 Å². The van der Waals surface area contributed by atoms with Gasteiger partial charge in [0.1, 0.15) is 5.78 Å². The van der Waals surface area contributed by atoms with Crippen molar-refractivity contribution in [3.8, 4) is 0 Å². The summed E-state index contributed by atoms with van der Waals surface area (Å²) in [5.74, 6) is -0.744. The van der Waals surface area contributed by atoms with Crippen LogP contribution in [0.5, 0.6) is 0 Å². The predicted molar refractivity (Wildman–Crippen MR) is 62.0 cm³/mol. The van der Waals surface area contributed by atoms with Crippen molar-refractivity contribution >= 4 is 11.8 Å². The molecular formula is C13H16O3. The molecule has 3 nitrogen and oxygen atoms in total. The summed E-state index contributed by atoms with van der Waals surface area (Å²) < 4.78 is 0. The number of rotatable bonds is 4. The Bertz CT molecular complexity index is 353. The Balaban J connectivity index is 3.10. The first-order valence-electron chi connectivity index (χ1n) is 5.27. The van der Waals surface area contributed by atoms with E-state index >= 15 is 0 Å². The third-order valence-corrected chi connectivity index (χ3v) is 3.14. The summed E-state index contributed by atoms with van der Waals surface area (Å²) in [6.45, 7) is 7.20.